The zero-order valence-electron chi connectivity index (χ0n) is 27.0. The molecular weight excluding hydrogens is 677 g/mol. The summed E-state index contributed by atoms with van der Waals surface area (Å²) in [5, 5.41) is 12.5. The second kappa shape index (κ2) is 15.7. The molecule has 0 radical (unpaired) electrons. The van der Waals surface area contributed by atoms with E-state index in [-0.39, 0.29) is 35.9 Å². The smallest absolute Gasteiger partial charge is 0.394 e. The Bertz CT molecular complexity index is 2180. The number of benzene rings is 3. The molecule has 5 rings (SSSR count). The van der Waals surface area contributed by atoms with Gasteiger partial charge in [-0.3, -0.25) is 33.2 Å². The largest absolute Gasteiger partial charge is 0.497 e. The Morgan fingerprint density at radius 2 is 1.72 bits per heavy atom. The monoisotopic (exact) mass is 711 g/mol. The summed E-state index contributed by atoms with van der Waals surface area (Å²) in [5.41, 5.74) is 6.64. The van der Waals surface area contributed by atoms with Crippen LogP contribution in [0.5, 0.6) is 17.2 Å². The van der Waals surface area contributed by atoms with Crippen molar-refractivity contribution in [2.75, 3.05) is 12.4 Å². The first-order chi connectivity index (χ1) is 23.6. The number of aliphatic carboxylic acids is 1. The summed E-state index contributed by atoms with van der Waals surface area (Å²) in [6, 6.07) is 18.5. The van der Waals surface area contributed by atoms with Crippen molar-refractivity contribution < 1.29 is 46.1 Å². The van der Waals surface area contributed by atoms with E-state index in [0.29, 0.717) is 33.8 Å². The fourth-order valence-corrected chi connectivity index (χ4v) is 5.15. The molecule has 0 saturated heterocycles. The molecule has 2 aromatic heterocycles. The third-order valence-corrected chi connectivity index (χ3v) is 7.40. The topological polar surface area (TPSA) is 225 Å². The molecule has 2 heterocycles. The number of carboxylic acid groups (broad SMARTS) is 1. The first-order valence-corrected chi connectivity index (χ1v) is 16.2. The zero-order valence-corrected chi connectivity index (χ0v) is 27.8. The number of methoxy groups -OCH3 is 1. The van der Waals surface area contributed by atoms with Crippen LogP contribution in [0.25, 0.3) is 16.6 Å². The van der Waals surface area contributed by atoms with E-state index < -0.39 is 39.7 Å². The number of fused-ring (bicyclic) bond motifs is 1. The summed E-state index contributed by atoms with van der Waals surface area (Å²) in [6.07, 6.45) is 1.70. The highest BCUT2D eigenvalue weighted by Gasteiger charge is 2.26. The average Bonchev–Trinajstić information content (AvgIpc) is 3.29. The van der Waals surface area contributed by atoms with Crippen molar-refractivity contribution in [1.29, 1.82) is 0 Å². The second-order valence-corrected chi connectivity index (χ2v) is 12.0. The van der Waals surface area contributed by atoms with Gasteiger partial charge in [-0.2, -0.15) is 8.42 Å². The number of nitrogens with zero attached hydrogens (tertiary/aromatic N) is 3. The maximum absolute atomic E-state index is 15.2. The molecule has 0 fully saturated rings. The van der Waals surface area contributed by atoms with E-state index in [1.54, 1.807) is 79.5 Å². The van der Waals surface area contributed by atoms with E-state index in [4.69, 9.17) is 32.7 Å². The Balaban J connectivity index is 0.00000105. The standard InChI is InChI=1S/C33H32FN5O6.H2O4S/c1-19(15-26(35)33(42)43)18-38-20(2)30(32(41)39(38)22-7-5-4-6-8-22)31(40)37-21-9-12-29(25(34)16-21)45-28-13-14-36-27-17-23(44-3)10-11-24(27)28;1-5(2,3)4/h4-14,16-17,19,26H,15,18,35H2,1-3H3,(H,37,40)(H,42,43);(H2,1,2,3,4)/t19-,26?;/m0./s1. The molecule has 3 aromatic carbocycles. The molecule has 0 bridgehead atoms. The third-order valence-electron chi connectivity index (χ3n) is 7.40. The van der Waals surface area contributed by atoms with Gasteiger partial charge in [-0.15, -0.1) is 0 Å². The van der Waals surface area contributed by atoms with Crippen molar-refractivity contribution in [2.45, 2.75) is 32.9 Å². The van der Waals surface area contributed by atoms with Crippen LogP contribution in [0.15, 0.2) is 83.8 Å². The van der Waals surface area contributed by atoms with Crippen molar-refractivity contribution in [3.05, 3.63) is 106 Å². The average molecular weight is 712 g/mol. The summed E-state index contributed by atoms with van der Waals surface area (Å²) in [5.74, 6) is -1.88. The molecule has 0 aliphatic heterocycles. The number of carbonyl (C=O) groups is 2. The number of rotatable bonds is 11. The van der Waals surface area contributed by atoms with Gasteiger partial charge in [-0.1, -0.05) is 25.1 Å². The number of pyridine rings is 1. The molecule has 50 heavy (non-hydrogen) atoms. The van der Waals surface area contributed by atoms with Crippen LogP contribution in [0.2, 0.25) is 0 Å². The van der Waals surface area contributed by atoms with Crippen molar-refractivity contribution in [3.63, 3.8) is 0 Å². The van der Waals surface area contributed by atoms with Gasteiger partial charge >= 0.3 is 16.4 Å². The SMILES string of the molecule is COc1ccc2c(Oc3ccc(NC(=O)c4c(C)n(C[C@@H](C)CC(N)C(=O)O)n(-c5ccccc5)c4=O)cc3F)ccnc2c1.O=S(=O)(O)O. The quantitative estimate of drug-likeness (QED) is 0.120. The van der Waals surface area contributed by atoms with E-state index in [1.165, 1.54) is 16.8 Å². The molecule has 15 nitrogen and oxygen atoms in total. The van der Waals surface area contributed by atoms with Crippen LogP contribution in [-0.4, -0.2) is 62.0 Å². The molecule has 1 unspecified atom stereocenters. The van der Waals surface area contributed by atoms with Crippen LogP contribution in [0, 0.1) is 18.7 Å². The summed E-state index contributed by atoms with van der Waals surface area (Å²) in [6.45, 7) is 3.67. The van der Waals surface area contributed by atoms with Gasteiger partial charge in [-0.05, 0) is 61.7 Å². The highest BCUT2D eigenvalue weighted by atomic mass is 32.3. The summed E-state index contributed by atoms with van der Waals surface area (Å²) in [7, 11) is -3.12. The lowest BCUT2D eigenvalue weighted by Gasteiger charge is -2.19. The van der Waals surface area contributed by atoms with E-state index in [1.807, 2.05) is 6.92 Å². The third kappa shape index (κ3) is 9.29. The minimum atomic E-state index is -4.67. The van der Waals surface area contributed by atoms with Crippen molar-refractivity contribution >= 4 is 38.9 Å². The number of para-hydroxylation sites is 1. The Morgan fingerprint density at radius 1 is 1.04 bits per heavy atom. The van der Waals surface area contributed by atoms with Crippen molar-refractivity contribution in [2.24, 2.45) is 11.7 Å². The number of ether oxygens (including phenoxy) is 2. The minimum Gasteiger partial charge on any atom is -0.497 e. The number of halogens is 1. The molecule has 17 heteroatoms. The lowest BCUT2D eigenvalue weighted by atomic mass is 10.0. The fraction of sp³-hybridized carbons (Fsp3) is 0.212. The predicted octanol–water partition coefficient (Wildman–Crippen LogP) is 4.47. The zero-order chi connectivity index (χ0) is 36.7. The van der Waals surface area contributed by atoms with E-state index in [2.05, 4.69) is 10.3 Å². The minimum absolute atomic E-state index is 0.0707. The van der Waals surface area contributed by atoms with Gasteiger partial charge in [-0.25, -0.2) is 9.07 Å². The Hall–Kier alpha value is -5.62. The number of hydrogen-bond donors (Lipinski definition) is 5. The lowest BCUT2D eigenvalue weighted by Crippen LogP contribution is -2.33. The van der Waals surface area contributed by atoms with Crippen molar-refractivity contribution in [3.8, 4) is 22.9 Å². The van der Waals surface area contributed by atoms with Crippen LogP contribution < -0.4 is 26.1 Å². The van der Waals surface area contributed by atoms with Gasteiger partial charge in [0.1, 0.15) is 23.1 Å². The molecule has 6 N–H and O–H groups in total. The first-order valence-electron chi connectivity index (χ1n) is 14.8. The summed E-state index contributed by atoms with van der Waals surface area (Å²) >= 11 is 0. The number of nitrogens with one attached hydrogen (secondary N) is 1. The highest BCUT2D eigenvalue weighted by molar-refractivity contribution is 7.79. The Morgan fingerprint density at radius 3 is 2.34 bits per heavy atom. The van der Waals surface area contributed by atoms with Gasteiger partial charge in [0.15, 0.2) is 11.6 Å². The summed E-state index contributed by atoms with van der Waals surface area (Å²) in [4.78, 5) is 42.8. The molecule has 0 aliphatic rings. The number of hydrogen-bond acceptors (Lipinski definition) is 9. The number of aromatic nitrogens is 3. The van der Waals surface area contributed by atoms with Gasteiger partial charge in [0, 0.05) is 35.9 Å². The number of carbonyl (C=O) groups excluding carboxylic acids is 1. The number of nitrogens with two attached hydrogens (primary N) is 1. The Labute approximate surface area is 285 Å². The molecule has 5 aromatic rings. The number of carboxylic acids is 1. The predicted molar refractivity (Wildman–Crippen MR) is 181 cm³/mol. The molecule has 0 aliphatic carbocycles. The molecule has 264 valence electrons. The van der Waals surface area contributed by atoms with Crippen LogP contribution in [-0.2, 0) is 21.7 Å². The molecule has 1 amide bonds. The first kappa shape index (κ1) is 37.2. The van der Waals surface area contributed by atoms with Crippen LogP contribution in [0.1, 0.15) is 29.4 Å². The molecular formula is C33H34FN5O10S. The number of amides is 1. The van der Waals surface area contributed by atoms with E-state index >= 15 is 4.39 Å². The van der Waals surface area contributed by atoms with Gasteiger partial charge < -0.3 is 25.6 Å². The number of anilines is 1. The maximum Gasteiger partial charge on any atom is 0.394 e. The highest BCUT2D eigenvalue weighted by Crippen LogP contribution is 2.33. The van der Waals surface area contributed by atoms with Gasteiger partial charge in [0.05, 0.1) is 24.0 Å². The van der Waals surface area contributed by atoms with Gasteiger partial charge in [0.2, 0.25) is 0 Å². The Kier molecular flexibility index (Phi) is 11.7. The maximum atomic E-state index is 15.2. The molecule has 0 spiro atoms. The van der Waals surface area contributed by atoms with Crippen LogP contribution in [0.4, 0.5) is 10.1 Å². The van der Waals surface area contributed by atoms with Crippen LogP contribution in [0.3, 0.4) is 0 Å². The normalized spacial score (nSPS) is 12.4. The summed E-state index contributed by atoms with van der Waals surface area (Å²) < 4.78 is 60.9. The second-order valence-electron chi connectivity index (χ2n) is 11.1. The van der Waals surface area contributed by atoms with Crippen molar-refractivity contribution in [1.82, 2.24) is 14.3 Å². The lowest BCUT2D eigenvalue weighted by molar-refractivity contribution is -0.139. The van der Waals surface area contributed by atoms with Gasteiger partial charge in [0.25, 0.3) is 11.5 Å². The molecule has 0 saturated carbocycles. The fourth-order valence-electron chi connectivity index (χ4n) is 5.15. The molecule has 2 atom stereocenters. The van der Waals surface area contributed by atoms with E-state index in [9.17, 15) is 19.5 Å². The van der Waals surface area contributed by atoms with E-state index in [0.717, 1.165) is 6.07 Å². The van der Waals surface area contributed by atoms with Crippen LogP contribution >= 0.6 is 0 Å².